The average molecular weight is 410 g/mol. The molecule has 1 fully saturated rings. The maximum Gasteiger partial charge on any atom is 0.407 e. The van der Waals surface area contributed by atoms with Crippen molar-refractivity contribution in [1.82, 2.24) is 10.2 Å². The Morgan fingerprint density at radius 2 is 2.18 bits per heavy atom. The van der Waals surface area contributed by atoms with Gasteiger partial charge in [-0.2, -0.15) is 0 Å². The minimum Gasteiger partial charge on any atom is -0.444 e. The van der Waals surface area contributed by atoms with Gasteiger partial charge in [-0.25, -0.2) is 4.79 Å². The lowest BCUT2D eigenvalue weighted by Crippen LogP contribution is -2.41. The van der Waals surface area contributed by atoms with Crippen molar-refractivity contribution < 1.29 is 14.3 Å². The fourth-order valence-corrected chi connectivity index (χ4v) is 4.13. The van der Waals surface area contributed by atoms with Gasteiger partial charge in [0, 0.05) is 13.1 Å². The van der Waals surface area contributed by atoms with E-state index in [-0.39, 0.29) is 11.9 Å². The van der Waals surface area contributed by atoms with E-state index >= 15 is 0 Å². The standard InChI is InChI=1S/C14H18BrClN2O3S/c1-14(2,3)21-13(20)17-8-4-5-18(7-8)12(19)11-9(16)6-10(15)22-11/h6,8H,4-5,7H2,1-3H3,(H,17,20)/t8-/m0/s1. The van der Waals surface area contributed by atoms with Crippen LogP contribution in [0.3, 0.4) is 0 Å². The number of amides is 2. The van der Waals surface area contributed by atoms with Crippen molar-refractivity contribution in [3.63, 3.8) is 0 Å². The molecule has 2 heterocycles. The van der Waals surface area contributed by atoms with E-state index in [0.29, 0.717) is 29.4 Å². The van der Waals surface area contributed by atoms with Gasteiger partial charge in [0.05, 0.1) is 14.9 Å². The lowest BCUT2D eigenvalue weighted by molar-refractivity contribution is 0.0502. The quantitative estimate of drug-likeness (QED) is 0.806. The Hall–Kier alpha value is -0.790. The molecule has 1 aliphatic heterocycles. The molecule has 0 radical (unpaired) electrons. The number of hydrogen-bond acceptors (Lipinski definition) is 4. The van der Waals surface area contributed by atoms with Crippen LogP contribution < -0.4 is 5.32 Å². The molecule has 1 atom stereocenters. The molecule has 0 aromatic carbocycles. The summed E-state index contributed by atoms with van der Waals surface area (Å²) in [6.45, 7) is 6.49. The van der Waals surface area contributed by atoms with Crippen molar-refractivity contribution in [2.24, 2.45) is 0 Å². The number of likely N-dealkylation sites (tertiary alicyclic amines) is 1. The first-order chi connectivity index (χ1) is 10.2. The molecule has 1 aromatic heterocycles. The fraction of sp³-hybridized carbons (Fsp3) is 0.571. The van der Waals surface area contributed by atoms with Crippen LogP contribution in [-0.2, 0) is 4.74 Å². The molecule has 1 N–H and O–H groups in total. The molecule has 1 aliphatic rings. The van der Waals surface area contributed by atoms with Crippen LogP contribution in [0.25, 0.3) is 0 Å². The van der Waals surface area contributed by atoms with Crippen LogP contribution in [0.1, 0.15) is 36.9 Å². The van der Waals surface area contributed by atoms with E-state index in [1.165, 1.54) is 11.3 Å². The van der Waals surface area contributed by atoms with Gasteiger partial charge in [0.2, 0.25) is 0 Å². The van der Waals surface area contributed by atoms with Crippen LogP contribution in [0.2, 0.25) is 5.02 Å². The topological polar surface area (TPSA) is 58.6 Å². The van der Waals surface area contributed by atoms with Crippen molar-refractivity contribution >= 4 is 50.9 Å². The van der Waals surface area contributed by atoms with E-state index in [1.807, 2.05) is 20.8 Å². The average Bonchev–Trinajstić information content (AvgIpc) is 2.92. The molecule has 5 nitrogen and oxygen atoms in total. The maximum atomic E-state index is 12.4. The zero-order chi connectivity index (χ0) is 16.5. The van der Waals surface area contributed by atoms with Gasteiger partial charge in [-0.15, -0.1) is 11.3 Å². The van der Waals surface area contributed by atoms with E-state index in [9.17, 15) is 9.59 Å². The number of halogens is 2. The molecule has 2 rings (SSSR count). The number of alkyl carbamates (subject to hydrolysis) is 1. The summed E-state index contributed by atoms with van der Waals surface area (Å²) in [4.78, 5) is 26.4. The minimum atomic E-state index is -0.533. The number of carbonyl (C=O) groups is 2. The molecule has 122 valence electrons. The third-order valence-electron chi connectivity index (χ3n) is 3.05. The lowest BCUT2D eigenvalue weighted by Gasteiger charge is -2.22. The predicted molar refractivity (Wildman–Crippen MR) is 90.7 cm³/mol. The molecule has 8 heteroatoms. The van der Waals surface area contributed by atoms with Gasteiger partial charge in [-0.3, -0.25) is 4.79 Å². The molecule has 0 bridgehead atoms. The van der Waals surface area contributed by atoms with E-state index in [1.54, 1.807) is 11.0 Å². The Morgan fingerprint density at radius 1 is 1.50 bits per heavy atom. The fourth-order valence-electron chi connectivity index (χ4n) is 2.17. The van der Waals surface area contributed by atoms with Crippen LogP contribution >= 0.6 is 38.9 Å². The largest absolute Gasteiger partial charge is 0.444 e. The van der Waals surface area contributed by atoms with Gasteiger partial charge in [0.1, 0.15) is 10.5 Å². The van der Waals surface area contributed by atoms with Crippen molar-refractivity contribution in [3.8, 4) is 0 Å². The normalized spacial score (nSPS) is 18.4. The molecule has 1 saturated heterocycles. The molecule has 0 spiro atoms. The Labute approximate surface area is 147 Å². The summed E-state index contributed by atoms with van der Waals surface area (Å²) in [5, 5.41) is 3.25. The smallest absolute Gasteiger partial charge is 0.407 e. The highest BCUT2D eigenvalue weighted by Crippen LogP contribution is 2.32. The first-order valence-electron chi connectivity index (χ1n) is 6.89. The van der Waals surface area contributed by atoms with E-state index in [0.717, 1.165) is 3.79 Å². The number of hydrogen-bond donors (Lipinski definition) is 1. The third-order valence-corrected chi connectivity index (χ3v) is 5.08. The van der Waals surface area contributed by atoms with Crippen molar-refractivity contribution in [3.05, 3.63) is 19.8 Å². The summed E-state index contributed by atoms with van der Waals surface area (Å²) >= 11 is 10.7. The molecule has 0 unspecified atom stereocenters. The summed E-state index contributed by atoms with van der Waals surface area (Å²) in [5.74, 6) is -0.103. The zero-order valence-electron chi connectivity index (χ0n) is 12.6. The highest BCUT2D eigenvalue weighted by atomic mass is 79.9. The number of nitrogens with one attached hydrogen (secondary N) is 1. The summed E-state index contributed by atoms with van der Waals surface area (Å²) in [5.41, 5.74) is -0.533. The van der Waals surface area contributed by atoms with Crippen LogP contribution in [-0.4, -0.2) is 41.6 Å². The van der Waals surface area contributed by atoms with Gasteiger partial charge in [-0.05, 0) is 49.2 Å². The van der Waals surface area contributed by atoms with E-state index < -0.39 is 11.7 Å². The minimum absolute atomic E-state index is 0.0963. The highest BCUT2D eigenvalue weighted by Gasteiger charge is 2.30. The first kappa shape index (κ1) is 17.6. The Balaban J connectivity index is 1.91. The van der Waals surface area contributed by atoms with Gasteiger partial charge < -0.3 is 15.0 Å². The Kier molecular flexibility index (Phi) is 5.40. The number of thiophene rings is 1. The zero-order valence-corrected chi connectivity index (χ0v) is 15.8. The van der Waals surface area contributed by atoms with Crippen molar-refractivity contribution in [1.29, 1.82) is 0 Å². The summed E-state index contributed by atoms with van der Waals surface area (Å²) in [6, 6.07) is 1.62. The molecule has 2 amide bonds. The third kappa shape index (κ3) is 4.60. The molecular weight excluding hydrogens is 392 g/mol. The van der Waals surface area contributed by atoms with Crippen LogP contribution in [0.15, 0.2) is 9.85 Å². The van der Waals surface area contributed by atoms with E-state index in [2.05, 4.69) is 21.2 Å². The number of rotatable bonds is 2. The summed E-state index contributed by atoms with van der Waals surface area (Å²) in [7, 11) is 0. The number of nitrogens with zero attached hydrogens (tertiary/aromatic N) is 1. The van der Waals surface area contributed by atoms with Crippen LogP contribution in [0.5, 0.6) is 0 Å². The van der Waals surface area contributed by atoms with Crippen LogP contribution in [0.4, 0.5) is 4.79 Å². The Morgan fingerprint density at radius 3 is 2.73 bits per heavy atom. The molecule has 1 aromatic rings. The van der Waals surface area contributed by atoms with Crippen molar-refractivity contribution in [2.45, 2.75) is 38.8 Å². The second kappa shape index (κ2) is 6.76. The van der Waals surface area contributed by atoms with Gasteiger partial charge in [-0.1, -0.05) is 11.6 Å². The number of carbonyl (C=O) groups excluding carboxylic acids is 2. The molecular formula is C14H18BrClN2O3S. The first-order valence-corrected chi connectivity index (χ1v) is 8.88. The monoisotopic (exact) mass is 408 g/mol. The SMILES string of the molecule is CC(C)(C)OC(=O)N[C@H]1CCN(C(=O)c2sc(Br)cc2Cl)C1. The second-order valence-corrected chi connectivity index (χ2v) is 8.95. The van der Waals surface area contributed by atoms with Gasteiger partial charge in [0.25, 0.3) is 5.91 Å². The lowest BCUT2D eigenvalue weighted by atomic mass is 10.2. The highest BCUT2D eigenvalue weighted by molar-refractivity contribution is 9.11. The molecule has 22 heavy (non-hydrogen) atoms. The predicted octanol–water partition coefficient (Wildman–Crippen LogP) is 3.90. The second-order valence-electron chi connectivity index (χ2n) is 6.11. The summed E-state index contributed by atoms with van der Waals surface area (Å²) < 4.78 is 6.05. The number of ether oxygens (including phenoxy) is 1. The maximum absolute atomic E-state index is 12.4. The summed E-state index contributed by atoms with van der Waals surface area (Å²) in [6.07, 6.45) is 0.249. The van der Waals surface area contributed by atoms with Crippen molar-refractivity contribution in [2.75, 3.05) is 13.1 Å². The Bertz CT molecular complexity index is 585. The van der Waals surface area contributed by atoms with Crippen LogP contribution in [0, 0.1) is 0 Å². The molecule has 0 aliphatic carbocycles. The van der Waals surface area contributed by atoms with Gasteiger partial charge >= 0.3 is 6.09 Å². The van der Waals surface area contributed by atoms with E-state index in [4.69, 9.17) is 16.3 Å². The van der Waals surface area contributed by atoms with Gasteiger partial charge in [0.15, 0.2) is 0 Å². The molecule has 0 saturated carbocycles.